The van der Waals surface area contributed by atoms with Gasteiger partial charge in [0.2, 0.25) is 41.4 Å². The van der Waals surface area contributed by atoms with Crippen molar-refractivity contribution in [2.45, 2.75) is 337 Å². The maximum atomic E-state index is 14.4. The van der Waals surface area contributed by atoms with Gasteiger partial charge < -0.3 is 241 Å². The Morgan fingerprint density at radius 2 is 0.570 bits per heavy atom. The van der Waals surface area contributed by atoms with Crippen molar-refractivity contribution >= 4 is 47.3 Å². The van der Waals surface area contributed by atoms with Gasteiger partial charge in [-0.25, -0.2) is 0 Å². The molecular formula is C85H150N8O49. The molecule has 7 heterocycles. The van der Waals surface area contributed by atoms with Gasteiger partial charge in [0.15, 0.2) is 44.0 Å². The largest absolute Gasteiger partial charge is 0.481 e. The zero-order valence-corrected chi connectivity index (χ0v) is 78.7. The van der Waals surface area contributed by atoms with E-state index in [-0.39, 0.29) is 162 Å². The van der Waals surface area contributed by atoms with Crippen LogP contribution in [0, 0.1) is 0 Å². The third-order valence-electron chi connectivity index (χ3n) is 24.8. The van der Waals surface area contributed by atoms with E-state index in [2.05, 4.69) is 26.6 Å². The minimum atomic E-state index is -2.08. The zero-order valence-electron chi connectivity index (χ0n) is 78.7. The number of carboxylic acids is 1. The highest BCUT2D eigenvalue weighted by Crippen LogP contribution is 2.34. The van der Waals surface area contributed by atoms with Crippen molar-refractivity contribution in [3.05, 3.63) is 0 Å². The second-order valence-corrected chi connectivity index (χ2v) is 35.6. The van der Waals surface area contributed by atoms with E-state index in [1.165, 1.54) is 9.80 Å². The van der Waals surface area contributed by atoms with Crippen LogP contribution in [0.5, 0.6) is 0 Å². The van der Waals surface area contributed by atoms with Crippen LogP contribution in [0.2, 0.25) is 0 Å². The molecule has 824 valence electrons. The fourth-order valence-electron chi connectivity index (χ4n) is 16.4. The van der Waals surface area contributed by atoms with Gasteiger partial charge in [0.05, 0.1) is 98.9 Å². The van der Waals surface area contributed by atoms with Gasteiger partial charge >= 0.3 is 5.97 Å². The molecule has 7 saturated heterocycles. The quantitative estimate of drug-likeness (QED) is 0.0251. The van der Waals surface area contributed by atoms with E-state index in [9.17, 15) is 171 Å². The molecule has 32 N–H and O–H groups in total. The molecule has 57 nitrogen and oxygen atoms in total. The minimum absolute atomic E-state index is 0.0135. The average molecular weight is 2070 g/mol. The number of carbonyl (C=O) groups excluding carboxylic acids is 7. The lowest BCUT2D eigenvalue weighted by atomic mass is 9.96. The van der Waals surface area contributed by atoms with Crippen LogP contribution < -0.4 is 26.6 Å². The van der Waals surface area contributed by atoms with Crippen LogP contribution in [-0.4, -0.2) is 572 Å². The molecule has 0 aromatic carbocycles. The average Bonchev–Trinajstić information content (AvgIpc) is 0.785. The number of aliphatic hydroxyl groups is 26. The van der Waals surface area contributed by atoms with E-state index >= 15 is 0 Å². The van der Waals surface area contributed by atoms with Gasteiger partial charge in [-0.3, -0.25) is 43.3 Å². The second kappa shape index (κ2) is 63.8. The van der Waals surface area contributed by atoms with E-state index in [0.29, 0.717) is 25.7 Å². The molecule has 0 radical (unpaired) electrons. The van der Waals surface area contributed by atoms with Gasteiger partial charge in [0.1, 0.15) is 177 Å². The number of unbranched alkanes of at least 4 members (excludes halogenated alkanes) is 6. The number of nitrogens with zero attached hydrogens (tertiary/aromatic N) is 3. The summed E-state index contributed by atoms with van der Waals surface area (Å²) in [6, 6.07) is -1.53. The van der Waals surface area contributed by atoms with Crippen LogP contribution in [-0.2, 0) is 105 Å². The fourth-order valence-corrected chi connectivity index (χ4v) is 16.4. The van der Waals surface area contributed by atoms with E-state index in [4.69, 9.17) is 71.4 Å². The monoisotopic (exact) mass is 2070 g/mol. The normalized spacial score (nSPS) is 34.7. The lowest BCUT2D eigenvalue weighted by Crippen LogP contribution is -2.65. The van der Waals surface area contributed by atoms with Gasteiger partial charge in [-0.2, -0.15) is 0 Å². The molecule has 57 heteroatoms. The number of nitrogens with one attached hydrogen (secondary N) is 5. The topological polar surface area (TPSA) is 882 Å². The molecule has 0 aromatic rings. The molecule has 0 bridgehead atoms. The maximum absolute atomic E-state index is 14.4. The zero-order chi connectivity index (χ0) is 105. The molecule has 7 aliphatic heterocycles. The van der Waals surface area contributed by atoms with Gasteiger partial charge in [0.25, 0.3) is 0 Å². The van der Waals surface area contributed by atoms with E-state index in [1.807, 2.05) is 0 Å². The number of carbonyl (C=O) groups is 8. The van der Waals surface area contributed by atoms with E-state index in [0.717, 1.165) is 4.90 Å². The number of aliphatic hydroxyl groups excluding tert-OH is 26. The highest BCUT2D eigenvalue weighted by Gasteiger charge is 2.54. The summed E-state index contributed by atoms with van der Waals surface area (Å²) >= 11 is 0. The number of carboxylic acid groups (broad SMARTS) is 1. The van der Waals surface area contributed by atoms with E-state index < -0.39 is 348 Å². The number of amides is 7. The molecule has 7 rings (SSSR count). The first-order valence-corrected chi connectivity index (χ1v) is 47.8. The molecule has 0 saturated carbocycles. The second-order valence-electron chi connectivity index (χ2n) is 35.6. The predicted molar refractivity (Wildman–Crippen MR) is 468 cm³/mol. The molecule has 0 aromatic heterocycles. The Morgan fingerprint density at radius 3 is 0.930 bits per heavy atom. The Balaban J connectivity index is 1.01. The molecule has 7 aliphatic rings. The lowest BCUT2D eigenvalue weighted by molar-refractivity contribution is -0.366. The smallest absolute Gasteiger partial charge is 0.303 e. The summed E-state index contributed by atoms with van der Waals surface area (Å²) in [4.78, 5) is 113. The Bertz CT molecular complexity index is 3560. The van der Waals surface area contributed by atoms with Crippen LogP contribution in [0.25, 0.3) is 0 Å². The first-order chi connectivity index (χ1) is 67.7. The molecule has 0 unspecified atom stereocenters. The van der Waals surface area contributed by atoms with Gasteiger partial charge in [-0.05, 0) is 70.6 Å². The molecular weight excluding hydrogens is 1920 g/mol. The van der Waals surface area contributed by atoms with E-state index in [1.54, 1.807) is 0 Å². The third kappa shape index (κ3) is 38.0. The van der Waals surface area contributed by atoms with Gasteiger partial charge in [-0.1, -0.05) is 19.3 Å². The van der Waals surface area contributed by atoms with Crippen molar-refractivity contribution in [2.75, 3.05) is 151 Å². The summed E-state index contributed by atoms with van der Waals surface area (Å²) in [5, 5.41) is 291. The lowest BCUT2D eigenvalue weighted by Gasteiger charge is -2.46. The van der Waals surface area contributed by atoms with Crippen LogP contribution in [0.3, 0.4) is 0 Å². The number of hydrogen-bond donors (Lipinski definition) is 32. The summed E-state index contributed by atoms with van der Waals surface area (Å²) in [7, 11) is 0. The van der Waals surface area contributed by atoms with Crippen molar-refractivity contribution in [3.8, 4) is 0 Å². The molecule has 7 fully saturated rings. The maximum Gasteiger partial charge on any atom is 0.303 e. The minimum Gasteiger partial charge on any atom is -0.481 e. The summed E-state index contributed by atoms with van der Waals surface area (Å²) in [5.41, 5.74) is 0. The molecule has 7 amide bonds. The predicted octanol–water partition coefficient (Wildman–Crippen LogP) is -17.3. The molecule has 36 atom stereocenters. The van der Waals surface area contributed by atoms with Crippen LogP contribution in [0.4, 0.5) is 0 Å². The standard InChI is InChI=1S/C85H150N8O49/c94-35-43-57(108)64(115)70(121)79(135-43)129-27-10-23-92(24-11-28-130-80-71(122)65(116)58(109)44(36-95)136-80)54(104)14-4-1-7-19-86-50(100)18-17-42(78(128)89-21-9-2-5-15-55(105)93(25-12-29-131-81-72(123)66(117)59(110)45(37-96)137-81)26-13-30-132-82-73(124)67(118)60(111)46(38-97)138-82)90-53(103)34-91(32-51(101)87-20-8-3-6-16-56(106)107)33-52(102)88-22-31-133-84-76(127)77(142-85-75(126)69(120)62(113)48(40-99)140-85)63(114)49(141-84)41-134-83-74(125)68(119)61(112)47(39-98)139-83/h42-49,57-77,79-85,94-99,108-127H,1-41H2,(H,86,100)(H,87,101)(H,88,102)(H,89,128)(H,90,103)(H,106,107)/t42-,43+,44+,45+,46+,47+,48+,49+,57+,58+,59+,60+,61+,62+,63+,64-,65-,66-,67-,68-,69-,70-,71-,72-,73-,74-,75-,76-,77-,79-,80-,81-,82-,83-,84-,85+/m0/s1. The highest BCUT2D eigenvalue weighted by atomic mass is 16.8. The van der Waals surface area contributed by atoms with Crippen LogP contribution >= 0.6 is 0 Å². The van der Waals surface area contributed by atoms with Crippen molar-refractivity contribution in [2.24, 2.45) is 0 Å². The number of hydrogen-bond acceptors (Lipinski definition) is 49. The SMILES string of the molecule is O=C(O)CCCCCNC(=O)CN(CC(=O)NCCO[C@H]1O[C@H](CO[C@H]2O[C@H](CO)[C@@H](O)[C@H](O)[C@@H]2O)[C@@H](O)[C@H](O[C@H]2O[C@H](CO)[C@@H](O)[C@H](O)[C@@H]2O)[C@@H]1O)CC(=O)N[C@@H](CCC(=O)NCCCCCC(=O)N(CCCO[C@H]1O[C@H](CO)[C@@H](O)[C@H](O)[C@@H]1O)CCCO[C@H]1O[C@H](CO)[C@@H](O)[C@H](O)[C@@H]1O)C(=O)NCCCCCC(=O)N(CCCO[C@H]1O[C@H](CO)[C@@H](O)[C@H](O)[C@@H]1O)CCCO[C@H]1O[C@H](CO)[C@@H](O)[C@H](O)[C@@H]1O. The number of aliphatic carboxylic acids is 1. The van der Waals surface area contributed by atoms with Crippen LogP contribution in [0.15, 0.2) is 0 Å². The van der Waals surface area contributed by atoms with Gasteiger partial charge in [-0.15, -0.1) is 0 Å². The molecule has 142 heavy (non-hydrogen) atoms. The first kappa shape index (κ1) is 123. The first-order valence-electron chi connectivity index (χ1n) is 47.8. The van der Waals surface area contributed by atoms with Crippen LogP contribution in [0.1, 0.15) is 116 Å². The summed E-state index contributed by atoms with van der Waals surface area (Å²) in [6.45, 7) is -9.35. The Hall–Kier alpha value is -5.88. The molecule has 0 spiro atoms. The van der Waals surface area contributed by atoms with Crippen molar-refractivity contribution < 1.29 is 243 Å². The fraction of sp³-hybridized carbons (Fsp3) is 0.906. The summed E-state index contributed by atoms with van der Waals surface area (Å²) in [6.07, 6.45) is -57.4. The van der Waals surface area contributed by atoms with Crippen molar-refractivity contribution in [1.29, 1.82) is 0 Å². The highest BCUT2D eigenvalue weighted by molar-refractivity contribution is 5.90. The summed E-state index contributed by atoms with van der Waals surface area (Å²) < 4.78 is 78.1. The molecule has 0 aliphatic carbocycles. The number of rotatable bonds is 64. The van der Waals surface area contributed by atoms with Crippen molar-refractivity contribution in [1.82, 2.24) is 41.3 Å². The Labute approximate surface area is 816 Å². The number of ether oxygens (including phenoxy) is 14. The summed E-state index contributed by atoms with van der Waals surface area (Å²) in [5.74, 6) is -5.85. The Morgan fingerprint density at radius 1 is 0.275 bits per heavy atom. The third-order valence-corrected chi connectivity index (χ3v) is 24.8. The van der Waals surface area contributed by atoms with Crippen molar-refractivity contribution in [3.63, 3.8) is 0 Å². The van der Waals surface area contributed by atoms with Gasteiger partial charge in [0, 0.05) is 78.0 Å². The Kier molecular flexibility index (Phi) is 55.3.